The number of aromatic nitrogens is 2. The molecule has 1 aliphatic heterocycles. The lowest BCUT2D eigenvalue weighted by molar-refractivity contribution is 0.313. The first-order valence-corrected chi connectivity index (χ1v) is 7.52. The minimum atomic E-state index is 0.476. The molecule has 0 spiro atoms. The van der Waals surface area contributed by atoms with E-state index in [1.54, 1.807) is 6.07 Å². The van der Waals surface area contributed by atoms with Gasteiger partial charge in [-0.1, -0.05) is 0 Å². The van der Waals surface area contributed by atoms with Gasteiger partial charge in [-0.05, 0) is 38.2 Å². The molecule has 0 unspecified atom stereocenters. The molecule has 116 valence electrons. The van der Waals surface area contributed by atoms with E-state index in [4.69, 9.17) is 5.73 Å². The van der Waals surface area contributed by atoms with Gasteiger partial charge in [0.05, 0.1) is 0 Å². The van der Waals surface area contributed by atoms with Gasteiger partial charge in [-0.25, -0.2) is 4.98 Å². The largest absolute Gasteiger partial charge is 0.384 e. The molecule has 0 aliphatic carbocycles. The zero-order valence-electron chi connectivity index (χ0n) is 13.1. The van der Waals surface area contributed by atoms with E-state index in [2.05, 4.69) is 56.4 Å². The Morgan fingerprint density at radius 3 is 2.36 bits per heavy atom. The highest BCUT2D eigenvalue weighted by Crippen LogP contribution is 2.21. The van der Waals surface area contributed by atoms with Crippen LogP contribution in [0.5, 0.6) is 0 Å². The molecule has 1 aromatic heterocycles. The van der Waals surface area contributed by atoms with Gasteiger partial charge in [-0.15, -0.1) is 0 Å². The Labute approximate surface area is 131 Å². The third kappa shape index (κ3) is 3.46. The average molecular weight is 298 g/mol. The van der Waals surface area contributed by atoms with Gasteiger partial charge in [0, 0.05) is 49.3 Å². The Balaban J connectivity index is 1.69. The van der Waals surface area contributed by atoms with Gasteiger partial charge in [-0.2, -0.15) is 4.98 Å². The van der Waals surface area contributed by atoms with Crippen LogP contribution in [0.4, 0.5) is 23.1 Å². The number of rotatable bonds is 3. The number of anilines is 4. The highest BCUT2D eigenvalue weighted by Gasteiger charge is 2.13. The van der Waals surface area contributed by atoms with Crippen molar-refractivity contribution < 1.29 is 0 Å². The highest BCUT2D eigenvalue weighted by atomic mass is 15.2. The van der Waals surface area contributed by atoms with Crippen LogP contribution in [0.1, 0.15) is 5.69 Å². The lowest BCUT2D eigenvalue weighted by Gasteiger charge is -2.34. The zero-order chi connectivity index (χ0) is 15.5. The van der Waals surface area contributed by atoms with Crippen molar-refractivity contribution in [2.75, 3.05) is 49.2 Å². The first-order chi connectivity index (χ1) is 10.6. The van der Waals surface area contributed by atoms with Gasteiger partial charge in [0.25, 0.3) is 0 Å². The summed E-state index contributed by atoms with van der Waals surface area (Å²) in [4.78, 5) is 13.3. The van der Waals surface area contributed by atoms with Crippen LogP contribution >= 0.6 is 0 Å². The van der Waals surface area contributed by atoms with Crippen molar-refractivity contribution in [2.24, 2.45) is 0 Å². The number of nitrogens with zero attached hydrogens (tertiary/aromatic N) is 4. The van der Waals surface area contributed by atoms with E-state index in [-0.39, 0.29) is 0 Å². The van der Waals surface area contributed by atoms with Crippen molar-refractivity contribution in [1.82, 2.24) is 14.9 Å². The monoisotopic (exact) mass is 298 g/mol. The Hall–Kier alpha value is -2.34. The van der Waals surface area contributed by atoms with Gasteiger partial charge in [0.1, 0.15) is 5.82 Å². The second-order valence-electron chi connectivity index (χ2n) is 5.72. The molecule has 1 saturated heterocycles. The lowest BCUT2D eigenvalue weighted by Crippen LogP contribution is -2.44. The number of aryl methyl sites for hydroxylation is 1. The van der Waals surface area contributed by atoms with Crippen molar-refractivity contribution in [3.05, 3.63) is 36.0 Å². The van der Waals surface area contributed by atoms with Crippen molar-refractivity contribution >= 4 is 23.1 Å². The molecule has 3 N–H and O–H groups in total. The van der Waals surface area contributed by atoms with Crippen LogP contribution in [0.2, 0.25) is 0 Å². The molecule has 0 atom stereocenters. The molecule has 3 rings (SSSR count). The predicted molar refractivity (Wildman–Crippen MR) is 90.6 cm³/mol. The first kappa shape index (κ1) is 14.6. The maximum Gasteiger partial charge on any atom is 0.229 e. The maximum atomic E-state index is 5.74. The maximum absolute atomic E-state index is 5.74. The van der Waals surface area contributed by atoms with Crippen LogP contribution in [0, 0.1) is 6.92 Å². The van der Waals surface area contributed by atoms with Crippen molar-refractivity contribution in [2.45, 2.75) is 6.92 Å². The number of hydrogen-bond donors (Lipinski definition) is 2. The van der Waals surface area contributed by atoms with Gasteiger partial charge >= 0.3 is 0 Å². The van der Waals surface area contributed by atoms with Crippen LogP contribution in [0.3, 0.4) is 0 Å². The summed E-state index contributed by atoms with van der Waals surface area (Å²) in [6.07, 6.45) is 0. The van der Waals surface area contributed by atoms with E-state index >= 15 is 0 Å². The quantitative estimate of drug-likeness (QED) is 0.901. The number of piperazine rings is 1. The second-order valence-corrected chi connectivity index (χ2v) is 5.72. The summed E-state index contributed by atoms with van der Waals surface area (Å²) in [5.74, 6) is 1.01. The number of hydrogen-bond acceptors (Lipinski definition) is 6. The fourth-order valence-electron chi connectivity index (χ4n) is 2.60. The van der Waals surface area contributed by atoms with E-state index in [9.17, 15) is 0 Å². The third-order valence-corrected chi connectivity index (χ3v) is 3.87. The average Bonchev–Trinajstić information content (AvgIpc) is 2.48. The minimum Gasteiger partial charge on any atom is -0.384 e. The van der Waals surface area contributed by atoms with E-state index in [1.807, 2.05) is 6.92 Å². The van der Waals surface area contributed by atoms with Gasteiger partial charge in [0.2, 0.25) is 5.95 Å². The Bertz CT molecular complexity index is 611. The summed E-state index contributed by atoms with van der Waals surface area (Å²) in [7, 11) is 2.16. The highest BCUT2D eigenvalue weighted by molar-refractivity contribution is 5.60. The molecule has 6 nitrogen and oxygen atoms in total. The van der Waals surface area contributed by atoms with Gasteiger partial charge in [0.15, 0.2) is 0 Å². The molecule has 0 radical (unpaired) electrons. The molecule has 1 aromatic carbocycles. The molecule has 1 fully saturated rings. The molecule has 22 heavy (non-hydrogen) atoms. The van der Waals surface area contributed by atoms with Crippen LogP contribution < -0.4 is 16.0 Å². The summed E-state index contributed by atoms with van der Waals surface area (Å²) < 4.78 is 0. The normalized spacial score (nSPS) is 15.8. The zero-order valence-corrected chi connectivity index (χ0v) is 13.1. The molecule has 6 heteroatoms. The Kier molecular flexibility index (Phi) is 4.11. The fourth-order valence-corrected chi connectivity index (χ4v) is 2.60. The molecule has 1 aliphatic rings. The summed E-state index contributed by atoms with van der Waals surface area (Å²) >= 11 is 0. The predicted octanol–water partition coefficient (Wildman–Crippen LogP) is 1.86. The molecule has 2 aromatic rings. The minimum absolute atomic E-state index is 0.476. The molecule has 2 heterocycles. The fraction of sp³-hybridized carbons (Fsp3) is 0.375. The van der Waals surface area contributed by atoms with Gasteiger partial charge < -0.3 is 20.9 Å². The van der Waals surface area contributed by atoms with Crippen LogP contribution in [-0.2, 0) is 0 Å². The summed E-state index contributed by atoms with van der Waals surface area (Å²) in [6, 6.07) is 10.1. The van der Waals surface area contributed by atoms with Gasteiger partial charge in [-0.3, -0.25) is 0 Å². The summed E-state index contributed by atoms with van der Waals surface area (Å²) in [5.41, 5.74) is 8.81. The summed E-state index contributed by atoms with van der Waals surface area (Å²) in [5, 5.41) is 3.19. The van der Waals surface area contributed by atoms with Crippen LogP contribution in [0.15, 0.2) is 30.3 Å². The topological polar surface area (TPSA) is 70.3 Å². The van der Waals surface area contributed by atoms with Crippen LogP contribution in [0.25, 0.3) is 0 Å². The van der Waals surface area contributed by atoms with Crippen molar-refractivity contribution in [3.63, 3.8) is 0 Å². The van der Waals surface area contributed by atoms with Crippen molar-refractivity contribution in [1.29, 1.82) is 0 Å². The lowest BCUT2D eigenvalue weighted by atomic mass is 10.2. The standard InChI is InChI=1S/C16H22N6/c1-12-11-15(17)20-16(18-12)19-13-3-5-14(6-4-13)22-9-7-21(2)8-10-22/h3-6,11H,7-10H2,1-2H3,(H3,17,18,19,20). The number of nitrogens with two attached hydrogens (primary N) is 1. The molecular formula is C16H22N6. The number of likely N-dealkylation sites (N-methyl/N-ethyl adjacent to an activating group) is 1. The van der Waals surface area contributed by atoms with Crippen LogP contribution in [-0.4, -0.2) is 48.1 Å². The Morgan fingerprint density at radius 2 is 1.73 bits per heavy atom. The molecule has 0 saturated carbocycles. The number of benzene rings is 1. The van der Waals surface area contributed by atoms with E-state index in [1.165, 1.54) is 5.69 Å². The Morgan fingerprint density at radius 1 is 1.05 bits per heavy atom. The second kappa shape index (κ2) is 6.19. The third-order valence-electron chi connectivity index (χ3n) is 3.87. The summed E-state index contributed by atoms with van der Waals surface area (Å²) in [6.45, 7) is 6.26. The number of nitrogens with one attached hydrogen (secondary N) is 1. The first-order valence-electron chi connectivity index (χ1n) is 7.52. The smallest absolute Gasteiger partial charge is 0.229 e. The van der Waals surface area contributed by atoms with E-state index in [0.29, 0.717) is 11.8 Å². The number of nitrogen functional groups attached to an aromatic ring is 1. The molecular weight excluding hydrogens is 276 g/mol. The van der Waals surface area contributed by atoms with Crippen molar-refractivity contribution in [3.8, 4) is 0 Å². The SMILES string of the molecule is Cc1cc(N)nc(Nc2ccc(N3CCN(C)CC3)cc2)n1. The van der Waals surface area contributed by atoms with E-state index < -0.39 is 0 Å². The molecule has 0 bridgehead atoms. The van der Waals surface area contributed by atoms with E-state index in [0.717, 1.165) is 37.6 Å². The molecule has 0 amide bonds.